The second kappa shape index (κ2) is 7.68. The predicted molar refractivity (Wildman–Crippen MR) is 135 cm³/mol. The Labute approximate surface area is 220 Å². The largest absolute Gasteiger partial charge is 0.393 e. The second-order valence-corrected chi connectivity index (χ2v) is 13.7. The zero-order valence-electron chi connectivity index (χ0n) is 22.7. The van der Waals surface area contributed by atoms with Gasteiger partial charge in [0.2, 0.25) is 0 Å². The van der Waals surface area contributed by atoms with Crippen LogP contribution < -0.4 is 0 Å². The molecule has 0 aromatic carbocycles. The van der Waals surface area contributed by atoms with E-state index in [1.54, 1.807) is 0 Å². The lowest BCUT2D eigenvalue weighted by molar-refractivity contribution is -0.436. The summed E-state index contributed by atoms with van der Waals surface area (Å²) in [5, 5.41) is 35.2. The molecule has 37 heavy (non-hydrogen) atoms. The van der Waals surface area contributed by atoms with Gasteiger partial charge in [0.15, 0.2) is 0 Å². The van der Waals surface area contributed by atoms with Gasteiger partial charge in [0.25, 0.3) is 5.97 Å². The molecule has 7 heteroatoms. The molecule has 0 radical (unpaired) electrons. The average molecular weight is 517 g/mol. The van der Waals surface area contributed by atoms with Gasteiger partial charge in [0, 0.05) is 18.3 Å². The number of aliphatic hydroxyl groups is 3. The summed E-state index contributed by atoms with van der Waals surface area (Å²) in [4.78, 5) is 0. The molecule has 6 fully saturated rings. The van der Waals surface area contributed by atoms with Crippen molar-refractivity contribution in [3.05, 3.63) is 23.8 Å². The normalized spacial score (nSPS) is 59.9. The first kappa shape index (κ1) is 25.2. The highest BCUT2D eigenvalue weighted by atomic mass is 16.9. The number of hydrogen-bond acceptors (Lipinski definition) is 7. The molecule has 7 aliphatic rings. The van der Waals surface area contributed by atoms with Gasteiger partial charge in [-0.1, -0.05) is 64.2 Å². The minimum Gasteiger partial charge on any atom is -0.393 e. The number of rotatable bonds is 2. The summed E-state index contributed by atoms with van der Waals surface area (Å²) in [6.45, 7) is 12.6. The van der Waals surface area contributed by atoms with Gasteiger partial charge >= 0.3 is 0 Å². The topological polar surface area (TPSA) is 101 Å². The van der Waals surface area contributed by atoms with Gasteiger partial charge in [-0.2, -0.15) is 0 Å². The third-order valence-corrected chi connectivity index (χ3v) is 11.7. The fourth-order valence-corrected chi connectivity index (χ4v) is 10.2. The van der Waals surface area contributed by atoms with Gasteiger partial charge in [-0.25, -0.2) is 0 Å². The fourth-order valence-electron chi connectivity index (χ4n) is 10.2. The Hall–Kier alpha value is -0.800. The molecule has 3 N–H and O–H groups in total. The van der Waals surface area contributed by atoms with Gasteiger partial charge in [-0.15, -0.1) is 0 Å². The predicted octanol–water partition coefficient (Wildman–Crippen LogP) is 3.60. The molecule has 0 aromatic rings. The van der Waals surface area contributed by atoms with Crippen LogP contribution in [0.3, 0.4) is 0 Å². The quantitative estimate of drug-likeness (QED) is 0.381. The van der Waals surface area contributed by atoms with Crippen molar-refractivity contribution in [3.8, 4) is 0 Å². The van der Waals surface area contributed by atoms with Crippen LogP contribution in [0.4, 0.5) is 0 Å². The van der Waals surface area contributed by atoms with Gasteiger partial charge in [-0.3, -0.25) is 0 Å². The average Bonchev–Trinajstić information content (AvgIpc) is 3.45. The first-order valence-corrected chi connectivity index (χ1v) is 14.6. The van der Waals surface area contributed by atoms with Gasteiger partial charge in [-0.05, 0) is 50.0 Å². The van der Waals surface area contributed by atoms with E-state index in [-0.39, 0.29) is 30.5 Å². The van der Waals surface area contributed by atoms with Crippen molar-refractivity contribution in [2.75, 3.05) is 6.61 Å². The molecule has 4 saturated heterocycles. The van der Waals surface area contributed by atoms with Gasteiger partial charge < -0.3 is 34.3 Å². The summed E-state index contributed by atoms with van der Waals surface area (Å²) >= 11 is 0. The molecular weight excluding hydrogens is 472 g/mol. The third kappa shape index (κ3) is 2.82. The maximum Gasteiger partial charge on any atom is 0.284 e. The van der Waals surface area contributed by atoms with E-state index in [0.29, 0.717) is 18.8 Å². The smallest absolute Gasteiger partial charge is 0.284 e. The van der Waals surface area contributed by atoms with Crippen LogP contribution >= 0.6 is 0 Å². The van der Waals surface area contributed by atoms with E-state index in [1.807, 2.05) is 13.0 Å². The standard InChI is InChI=1S/C30H44O7/c1-16(2)27-14-19(5)30-21-23(27)35-29(36-27,37-30)12-10-8-6-7-9-11-17(3)20-18(4)13-26(33,22(20)30)25(32)28(15-31)24(21)34-28/h13,17,19-25,31-33H,1,6-12,14-15H2,2-5H3. The monoisotopic (exact) mass is 516 g/mol. The minimum absolute atomic E-state index is 0.0160. The molecule has 13 atom stereocenters. The highest BCUT2D eigenvalue weighted by Gasteiger charge is 2.88. The molecule has 3 aliphatic carbocycles. The number of aliphatic hydroxyl groups excluding tert-OH is 2. The molecule has 206 valence electrons. The summed E-state index contributed by atoms with van der Waals surface area (Å²) in [5.74, 6) is -1.61. The Kier molecular flexibility index (Phi) is 5.23. The van der Waals surface area contributed by atoms with Crippen LogP contribution in [0.2, 0.25) is 0 Å². The molecule has 7 nitrogen and oxygen atoms in total. The van der Waals surface area contributed by atoms with E-state index in [2.05, 4.69) is 27.4 Å². The first-order valence-electron chi connectivity index (χ1n) is 14.6. The summed E-state index contributed by atoms with van der Waals surface area (Å²) in [6, 6.07) is 0. The highest BCUT2D eigenvalue weighted by Crippen LogP contribution is 2.74. The maximum absolute atomic E-state index is 12.6. The Morgan fingerprint density at radius 1 is 1.08 bits per heavy atom. The number of epoxide rings is 1. The van der Waals surface area contributed by atoms with Crippen molar-refractivity contribution in [2.45, 2.75) is 126 Å². The van der Waals surface area contributed by atoms with E-state index in [0.717, 1.165) is 36.8 Å². The number of ether oxygens (including phenoxy) is 4. The maximum atomic E-state index is 12.6. The minimum atomic E-state index is -1.59. The van der Waals surface area contributed by atoms with Crippen LogP contribution in [0.15, 0.2) is 23.8 Å². The molecule has 2 spiro atoms. The summed E-state index contributed by atoms with van der Waals surface area (Å²) in [5.41, 5.74) is -2.43. The summed E-state index contributed by atoms with van der Waals surface area (Å²) < 4.78 is 27.4. The Morgan fingerprint density at radius 3 is 2.54 bits per heavy atom. The van der Waals surface area contributed by atoms with Gasteiger partial charge in [0.1, 0.15) is 35.1 Å². The molecule has 4 heterocycles. The molecule has 0 aromatic heterocycles. The molecular formula is C30H44O7. The van der Waals surface area contributed by atoms with E-state index in [4.69, 9.17) is 18.9 Å². The van der Waals surface area contributed by atoms with Crippen LogP contribution in [0, 0.1) is 29.6 Å². The lowest BCUT2D eigenvalue weighted by atomic mass is 9.51. The van der Waals surface area contributed by atoms with Crippen LogP contribution in [-0.4, -0.2) is 68.6 Å². The van der Waals surface area contributed by atoms with Crippen molar-refractivity contribution in [2.24, 2.45) is 29.6 Å². The van der Waals surface area contributed by atoms with Crippen LogP contribution in [0.25, 0.3) is 0 Å². The molecule has 4 aliphatic heterocycles. The molecule has 13 unspecified atom stereocenters. The molecule has 3 bridgehead atoms. The Balaban J connectivity index is 1.50. The van der Waals surface area contributed by atoms with Crippen LogP contribution in [0.5, 0.6) is 0 Å². The SMILES string of the molecule is C=C(C)C12CC(C)C34OC5(CCCCCCCC(C)C6C(C)=CC(O)(C(O)C7(CO)OC7C3C1O5)C64)O2. The van der Waals surface area contributed by atoms with Crippen LogP contribution in [-0.2, 0) is 18.9 Å². The number of fused-ring (bicyclic) bond motifs is 1. The lowest BCUT2D eigenvalue weighted by Gasteiger charge is -2.61. The fraction of sp³-hybridized carbons (Fsp3) is 0.867. The van der Waals surface area contributed by atoms with E-state index in [9.17, 15) is 15.3 Å². The second-order valence-electron chi connectivity index (χ2n) is 13.7. The van der Waals surface area contributed by atoms with Crippen molar-refractivity contribution in [1.29, 1.82) is 0 Å². The number of hydrogen-bond donors (Lipinski definition) is 3. The van der Waals surface area contributed by atoms with Crippen molar-refractivity contribution in [1.82, 2.24) is 0 Å². The molecule has 2 saturated carbocycles. The van der Waals surface area contributed by atoms with Gasteiger partial charge in [0.05, 0.1) is 12.2 Å². The zero-order chi connectivity index (χ0) is 26.2. The summed E-state index contributed by atoms with van der Waals surface area (Å²) in [6.07, 6.45) is 7.61. The zero-order valence-corrected chi connectivity index (χ0v) is 22.7. The van der Waals surface area contributed by atoms with E-state index < -0.39 is 46.5 Å². The van der Waals surface area contributed by atoms with Crippen molar-refractivity contribution in [3.63, 3.8) is 0 Å². The van der Waals surface area contributed by atoms with E-state index in [1.165, 1.54) is 12.8 Å². The summed E-state index contributed by atoms with van der Waals surface area (Å²) in [7, 11) is 0. The molecule has 0 amide bonds. The Bertz CT molecular complexity index is 1040. The molecule has 7 rings (SSSR count). The number of allylic oxidation sites excluding steroid dienone is 1. The first-order chi connectivity index (χ1) is 17.5. The Morgan fingerprint density at radius 2 is 1.81 bits per heavy atom. The highest BCUT2D eigenvalue weighted by molar-refractivity contribution is 5.42. The van der Waals surface area contributed by atoms with Crippen molar-refractivity contribution >= 4 is 0 Å². The van der Waals surface area contributed by atoms with Crippen LogP contribution in [0.1, 0.15) is 79.1 Å². The third-order valence-electron chi connectivity index (χ3n) is 11.7. The lowest BCUT2D eigenvalue weighted by Crippen LogP contribution is -2.73. The van der Waals surface area contributed by atoms with E-state index >= 15 is 0 Å². The van der Waals surface area contributed by atoms with Crippen molar-refractivity contribution < 1.29 is 34.3 Å².